The molecule has 0 bridgehead atoms. The zero-order valence-electron chi connectivity index (χ0n) is 22.8. The van der Waals surface area contributed by atoms with Gasteiger partial charge in [0.25, 0.3) is 0 Å². The quantitative estimate of drug-likeness (QED) is 0.440. The number of fused-ring (bicyclic) bond motifs is 7. The van der Waals surface area contributed by atoms with Gasteiger partial charge in [-0.3, -0.25) is 4.79 Å². The predicted octanol–water partition coefficient (Wildman–Crippen LogP) is 7.74. The summed E-state index contributed by atoms with van der Waals surface area (Å²) >= 11 is 0. The van der Waals surface area contributed by atoms with Crippen molar-refractivity contribution in [1.29, 1.82) is 0 Å². The topological polar surface area (TPSA) is 37.3 Å². The van der Waals surface area contributed by atoms with E-state index in [-0.39, 0.29) is 33.7 Å². The van der Waals surface area contributed by atoms with Crippen LogP contribution in [-0.4, -0.2) is 17.0 Å². The first-order valence-corrected chi connectivity index (χ1v) is 14.1. The number of carbonyl (C=O) groups excluding carboxylic acids is 1. The Labute approximate surface area is 203 Å². The zero-order valence-corrected chi connectivity index (χ0v) is 22.8. The molecule has 9 atom stereocenters. The molecule has 0 aliphatic heterocycles. The van der Waals surface area contributed by atoms with E-state index in [0.717, 1.165) is 25.7 Å². The first-order chi connectivity index (χ1) is 15.2. The average Bonchev–Trinajstić information content (AvgIpc) is 2.74. The van der Waals surface area contributed by atoms with E-state index in [9.17, 15) is 9.90 Å². The van der Waals surface area contributed by atoms with Crippen LogP contribution in [-0.2, 0) is 4.79 Å². The average molecular weight is 455 g/mol. The molecule has 2 heteroatoms. The summed E-state index contributed by atoms with van der Waals surface area (Å²) in [6, 6.07) is 0. The molecule has 0 aromatic heterocycles. The van der Waals surface area contributed by atoms with Crippen LogP contribution in [0.15, 0.2) is 11.6 Å². The molecular weight excluding hydrogens is 404 g/mol. The van der Waals surface area contributed by atoms with E-state index in [4.69, 9.17) is 0 Å². The van der Waals surface area contributed by atoms with Gasteiger partial charge < -0.3 is 5.11 Å². The van der Waals surface area contributed by atoms with Crippen LogP contribution >= 0.6 is 0 Å². The van der Waals surface area contributed by atoms with Crippen molar-refractivity contribution in [3.8, 4) is 0 Å². The highest BCUT2D eigenvalue weighted by Crippen LogP contribution is 2.75. The van der Waals surface area contributed by atoms with E-state index >= 15 is 0 Å². The number of hydrogen-bond acceptors (Lipinski definition) is 2. The number of rotatable bonds is 1. The molecule has 0 aromatic carbocycles. The molecule has 4 saturated carbocycles. The van der Waals surface area contributed by atoms with Crippen molar-refractivity contribution in [3.05, 3.63) is 11.6 Å². The molecule has 2 nitrogen and oxygen atoms in total. The van der Waals surface area contributed by atoms with Gasteiger partial charge in [0, 0.05) is 5.92 Å². The lowest BCUT2D eigenvalue weighted by Gasteiger charge is -2.70. The molecule has 0 spiro atoms. The Morgan fingerprint density at radius 2 is 1.58 bits per heavy atom. The van der Waals surface area contributed by atoms with Crippen LogP contribution in [0.5, 0.6) is 0 Å². The highest BCUT2D eigenvalue weighted by molar-refractivity contribution is 5.95. The first-order valence-electron chi connectivity index (χ1n) is 14.1. The van der Waals surface area contributed by atoms with Gasteiger partial charge in [0.05, 0.1) is 6.10 Å². The summed E-state index contributed by atoms with van der Waals surface area (Å²) in [5.41, 5.74) is 2.34. The van der Waals surface area contributed by atoms with Gasteiger partial charge in [0.2, 0.25) is 0 Å². The van der Waals surface area contributed by atoms with Crippen LogP contribution in [0.1, 0.15) is 120 Å². The normalized spacial score (nSPS) is 55.5. The van der Waals surface area contributed by atoms with Crippen LogP contribution < -0.4 is 0 Å². The maximum atomic E-state index is 14.3. The van der Waals surface area contributed by atoms with E-state index in [1.807, 2.05) is 0 Å². The van der Waals surface area contributed by atoms with E-state index < -0.39 is 0 Å². The summed E-state index contributed by atoms with van der Waals surface area (Å²) in [5.74, 6) is 1.50. The van der Waals surface area contributed by atoms with E-state index in [2.05, 4.69) is 61.5 Å². The van der Waals surface area contributed by atoms with Crippen LogP contribution in [0.4, 0.5) is 0 Å². The maximum Gasteiger partial charge on any atom is 0.159 e. The lowest BCUT2D eigenvalue weighted by Crippen LogP contribution is -2.66. The maximum absolute atomic E-state index is 14.3. The van der Waals surface area contributed by atoms with Gasteiger partial charge in [-0.1, -0.05) is 67.4 Å². The number of allylic oxidation sites excluding steroid dienone is 2. The molecule has 5 rings (SSSR count). The monoisotopic (exact) mass is 454 g/mol. The minimum absolute atomic E-state index is 0.0108. The standard InChI is InChI=1S/C31H50O2/c1-9-27(4)14-15-28(5)16-17-30(7)20(21(28)19-27)18-22(32)25-29(6)12-11-24(33)26(2,3)23(29)10-13-31(25,30)8/h18,21,23-25,33H,9-17,19H2,1-8H3/t21-,23-,24-,25+,27-,28+,29-,30+,31+/m0/s1. The van der Waals surface area contributed by atoms with Gasteiger partial charge >= 0.3 is 0 Å². The van der Waals surface area contributed by atoms with E-state index in [0.29, 0.717) is 28.4 Å². The smallest absolute Gasteiger partial charge is 0.159 e. The highest BCUT2D eigenvalue weighted by Gasteiger charge is 2.69. The van der Waals surface area contributed by atoms with Crippen LogP contribution in [0.25, 0.3) is 0 Å². The van der Waals surface area contributed by atoms with E-state index in [1.54, 1.807) is 0 Å². The minimum atomic E-state index is -0.246. The molecule has 186 valence electrons. The lowest BCUT2D eigenvalue weighted by molar-refractivity contribution is -0.202. The lowest BCUT2D eigenvalue weighted by atomic mass is 9.33. The molecule has 5 aliphatic rings. The number of aliphatic hydroxyl groups excluding tert-OH is 1. The summed E-state index contributed by atoms with van der Waals surface area (Å²) in [6.45, 7) is 19.4. The van der Waals surface area contributed by atoms with Crippen molar-refractivity contribution >= 4 is 5.78 Å². The Morgan fingerprint density at radius 1 is 0.909 bits per heavy atom. The van der Waals surface area contributed by atoms with Crippen molar-refractivity contribution in [1.82, 2.24) is 0 Å². The van der Waals surface area contributed by atoms with Crippen molar-refractivity contribution in [2.75, 3.05) is 0 Å². The fraction of sp³-hybridized carbons (Fsp3) is 0.903. The molecule has 0 aromatic rings. The van der Waals surface area contributed by atoms with Gasteiger partial charge in [-0.05, 0) is 108 Å². The summed E-state index contributed by atoms with van der Waals surface area (Å²) in [4.78, 5) is 14.3. The number of carbonyl (C=O) groups is 1. The van der Waals surface area contributed by atoms with Crippen LogP contribution in [0, 0.1) is 50.2 Å². The summed E-state index contributed by atoms with van der Waals surface area (Å²) in [7, 11) is 0. The van der Waals surface area contributed by atoms with Gasteiger partial charge in [-0.25, -0.2) is 0 Å². The molecule has 33 heavy (non-hydrogen) atoms. The fourth-order valence-corrected chi connectivity index (χ4v) is 10.6. The second-order valence-electron chi connectivity index (χ2n) is 15.2. The molecule has 0 heterocycles. The number of hydrogen-bond donors (Lipinski definition) is 1. The Hall–Kier alpha value is -0.630. The highest BCUT2D eigenvalue weighted by atomic mass is 16.3. The Kier molecular flexibility index (Phi) is 5.10. The Morgan fingerprint density at radius 3 is 2.24 bits per heavy atom. The molecule has 5 aliphatic carbocycles. The van der Waals surface area contributed by atoms with Gasteiger partial charge in [-0.15, -0.1) is 0 Å². The van der Waals surface area contributed by atoms with Crippen molar-refractivity contribution in [2.24, 2.45) is 50.2 Å². The summed E-state index contributed by atoms with van der Waals surface area (Å²) < 4.78 is 0. The summed E-state index contributed by atoms with van der Waals surface area (Å²) in [5, 5.41) is 10.9. The SMILES string of the molecule is CC[C@@]1(C)CC[C@]2(C)CC[C@]3(C)C(=CC(=O)[C@@H]4[C@@]5(C)CC[C@H](O)C(C)(C)[C@@H]5CC[C@]43C)[C@@H]2C1. The Bertz CT molecular complexity index is 885. The second-order valence-corrected chi connectivity index (χ2v) is 15.2. The molecule has 0 saturated heterocycles. The van der Waals surface area contributed by atoms with Crippen molar-refractivity contribution in [2.45, 2.75) is 126 Å². The molecule has 0 amide bonds. The number of ketones is 1. The third-order valence-corrected chi connectivity index (χ3v) is 13.5. The number of aliphatic hydroxyl groups is 1. The zero-order chi connectivity index (χ0) is 24.2. The Balaban J connectivity index is 1.62. The third-order valence-electron chi connectivity index (χ3n) is 13.5. The van der Waals surface area contributed by atoms with Crippen molar-refractivity contribution < 1.29 is 9.90 Å². The largest absolute Gasteiger partial charge is 0.393 e. The van der Waals surface area contributed by atoms with Gasteiger partial charge in [-0.2, -0.15) is 0 Å². The van der Waals surface area contributed by atoms with E-state index in [1.165, 1.54) is 44.1 Å². The molecule has 0 unspecified atom stereocenters. The third kappa shape index (κ3) is 2.91. The van der Waals surface area contributed by atoms with Crippen molar-refractivity contribution in [3.63, 3.8) is 0 Å². The van der Waals surface area contributed by atoms with Gasteiger partial charge in [0.15, 0.2) is 5.78 Å². The van der Waals surface area contributed by atoms with Gasteiger partial charge in [0.1, 0.15) is 0 Å². The fourth-order valence-electron chi connectivity index (χ4n) is 10.6. The molecule has 1 N–H and O–H groups in total. The molecular formula is C31H50O2. The predicted molar refractivity (Wildman–Crippen MR) is 136 cm³/mol. The minimum Gasteiger partial charge on any atom is -0.393 e. The second kappa shape index (κ2) is 6.98. The van der Waals surface area contributed by atoms with Crippen LogP contribution in [0.2, 0.25) is 0 Å². The first kappa shape index (κ1) is 24.1. The summed E-state index contributed by atoms with van der Waals surface area (Å²) in [6.07, 6.45) is 13.8. The van der Waals surface area contributed by atoms with Crippen LogP contribution in [0.3, 0.4) is 0 Å². The molecule has 0 radical (unpaired) electrons. The molecule has 4 fully saturated rings.